The van der Waals surface area contributed by atoms with Crippen LogP contribution in [-0.4, -0.2) is 71.3 Å². The molecule has 0 fully saturated rings. The second-order valence-corrected chi connectivity index (χ2v) is 5.46. The molecule has 0 aliphatic carbocycles. The third-order valence-corrected chi connectivity index (χ3v) is 3.49. The monoisotopic (exact) mass is 320 g/mol. The van der Waals surface area contributed by atoms with Gasteiger partial charge < -0.3 is 14.9 Å². The summed E-state index contributed by atoms with van der Waals surface area (Å²) in [7, 11) is 3.81. The molecule has 1 amide bonds. The fourth-order valence-corrected chi connectivity index (χ4v) is 2.24. The average molecular weight is 320 g/mol. The van der Waals surface area contributed by atoms with E-state index in [4.69, 9.17) is 0 Å². The van der Waals surface area contributed by atoms with E-state index in [1.165, 1.54) is 17.2 Å². The molecule has 0 bridgehead atoms. The second kappa shape index (κ2) is 7.85. The molecule has 0 unspecified atom stereocenters. The molecular weight excluding hydrogens is 299 g/mol. The number of carbonyl (C=O) groups is 1. The van der Waals surface area contributed by atoms with Crippen LogP contribution in [0.4, 0.5) is 4.39 Å². The molecule has 0 saturated carbocycles. The van der Waals surface area contributed by atoms with Crippen LogP contribution in [0.15, 0.2) is 30.5 Å². The smallest absolute Gasteiger partial charge is 0.257 e. The fraction of sp³-hybridized carbons (Fsp3) is 0.375. The maximum absolute atomic E-state index is 14.0. The Hall–Kier alpha value is -2.25. The molecule has 1 aromatic heterocycles. The van der Waals surface area contributed by atoms with Crippen LogP contribution in [0.3, 0.4) is 0 Å². The van der Waals surface area contributed by atoms with Gasteiger partial charge in [0.05, 0.1) is 24.1 Å². The first-order chi connectivity index (χ1) is 11.0. The van der Waals surface area contributed by atoms with Gasteiger partial charge in [-0.15, -0.1) is 0 Å². The molecule has 0 aliphatic heterocycles. The molecule has 2 aromatic rings. The first kappa shape index (κ1) is 17.1. The number of aromatic nitrogens is 2. The number of nitrogens with one attached hydrogen (secondary N) is 1. The predicted octanol–water partition coefficient (Wildman–Crippen LogP) is 1.21. The summed E-state index contributed by atoms with van der Waals surface area (Å²) in [6.07, 6.45) is 1.39. The second-order valence-electron chi connectivity index (χ2n) is 5.46. The van der Waals surface area contributed by atoms with E-state index in [9.17, 15) is 14.3 Å². The number of benzene rings is 1. The molecule has 0 aliphatic rings. The molecule has 124 valence electrons. The average Bonchev–Trinajstić information content (AvgIpc) is 3.00. The summed E-state index contributed by atoms with van der Waals surface area (Å²) in [4.78, 5) is 16.2. The number of aliphatic hydroxyl groups is 1. The number of H-pyrrole nitrogens is 1. The van der Waals surface area contributed by atoms with Crippen molar-refractivity contribution in [3.8, 4) is 11.3 Å². The van der Waals surface area contributed by atoms with Crippen molar-refractivity contribution in [2.45, 2.75) is 0 Å². The summed E-state index contributed by atoms with van der Waals surface area (Å²) in [5.74, 6) is -0.708. The molecular formula is C16H21FN4O2. The van der Waals surface area contributed by atoms with E-state index in [1.54, 1.807) is 18.2 Å². The van der Waals surface area contributed by atoms with Crippen LogP contribution in [0.25, 0.3) is 11.3 Å². The Morgan fingerprint density at radius 3 is 2.65 bits per heavy atom. The highest BCUT2D eigenvalue weighted by molar-refractivity contribution is 5.99. The minimum Gasteiger partial charge on any atom is -0.395 e. The zero-order valence-electron chi connectivity index (χ0n) is 13.3. The van der Waals surface area contributed by atoms with Crippen molar-refractivity contribution in [2.24, 2.45) is 0 Å². The Bertz CT molecular complexity index is 657. The van der Waals surface area contributed by atoms with Crippen LogP contribution >= 0.6 is 0 Å². The summed E-state index contributed by atoms with van der Waals surface area (Å²) in [6.45, 7) is 1.22. The van der Waals surface area contributed by atoms with Gasteiger partial charge in [-0.1, -0.05) is 12.1 Å². The van der Waals surface area contributed by atoms with Crippen LogP contribution in [-0.2, 0) is 0 Å². The van der Waals surface area contributed by atoms with Crippen LogP contribution < -0.4 is 0 Å². The van der Waals surface area contributed by atoms with Crippen molar-refractivity contribution >= 4 is 5.91 Å². The van der Waals surface area contributed by atoms with Crippen LogP contribution in [0, 0.1) is 5.82 Å². The SMILES string of the molecule is CN(C)CCN(CCO)C(=O)c1cn[nH]c1-c1ccccc1F. The van der Waals surface area contributed by atoms with Crippen molar-refractivity contribution in [2.75, 3.05) is 40.3 Å². The van der Waals surface area contributed by atoms with Gasteiger partial charge in [-0.25, -0.2) is 4.39 Å². The molecule has 1 aromatic carbocycles. The number of halogens is 1. The highest BCUT2D eigenvalue weighted by atomic mass is 19.1. The zero-order valence-corrected chi connectivity index (χ0v) is 13.3. The third kappa shape index (κ3) is 4.14. The molecule has 0 saturated heterocycles. The van der Waals surface area contributed by atoms with Crippen molar-refractivity contribution < 1.29 is 14.3 Å². The molecule has 2 rings (SSSR count). The Morgan fingerprint density at radius 2 is 2.00 bits per heavy atom. The van der Waals surface area contributed by atoms with E-state index < -0.39 is 5.82 Å². The summed E-state index contributed by atoms with van der Waals surface area (Å²) < 4.78 is 14.0. The summed E-state index contributed by atoms with van der Waals surface area (Å²) in [5, 5.41) is 15.8. The number of amides is 1. The molecule has 2 N–H and O–H groups in total. The lowest BCUT2D eigenvalue weighted by atomic mass is 10.1. The molecule has 0 radical (unpaired) electrons. The molecule has 0 spiro atoms. The number of aliphatic hydroxyl groups excluding tert-OH is 1. The lowest BCUT2D eigenvalue weighted by molar-refractivity contribution is 0.0711. The summed E-state index contributed by atoms with van der Waals surface area (Å²) >= 11 is 0. The number of aromatic amines is 1. The normalized spacial score (nSPS) is 11.0. The first-order valence-electron chi connectivity index (χ1n) is 7.37. The predicted molar refractivity (Wildman–Crippen MR) is 85.5 cm³/mol. The van der Waals surface area contributed by atoms with Gasteiger partial charge in [0.2, 0.25) is 0 Å². The van der Waals surface area contributed by atoms with Gasteiger partial charge in [0.25, 0.3) is 5.91 Å². The van der Waals surface area contributed by atoms with Crippen molar-refractivity contribution in [3.05, 3.63) is 41.8 Å². The zero-order chi connectivity index (χ0) is 16.8. The fourth-order valence-electron chi connectivity index (χ4n) is 2.24. The first-order valence-corrected chi connectivity index (χ1v) is 7.37. The lowest BCUT2D eigenvalue weighted by Gasteiger charge is -2.23. The van der Waals surface area contributed by atoms with Crippen LogP contribution in [0.1, 0.15) is 10.4 Å². The van der Waals surface area contributed by atoms with Gasteiger partial charge in [-0.05, 0) is 26.2 Å². The Morgan fingerprint density at radius 1 is 1.26 bits per heavy atom. The number of rotatable bonds is 7. The van der Waals surface area contributed by atoms with Crippen molar-refractivity contribution in [3.63, 3.8) is 0 Å². The van der Waals surface area contributed by atoms with Gasteiger partial charge >= 0.3 is 0 Å². The Kier molecular flexibility index (Phi) is 5.84. The van der Waals surface area contributed by atoms with E-state index in [1.807, 2.05) is 19.0 Å². The maximum Gasteiger partial charge on any atom is 0.257 e. The van der Waals surface area contributed by atoms with Gasteiger partial charge in [-0.3, -0.25) is 9.89 Å². The molecule has 1 heterocycles. The number of likely N-dealkylation sites (N-methyl/N-ethyl adjacent to an activating group) is 1. The van der Waals surface area contributed by atoms with E-state index in [0.29, 0.717) is 29.9 Å². The minimum atomic E-state index is -0.423. The van der Waals surface area contributed by atoms with E-state index in [-0.39, 0.29) is 19.1 Å². The van der Waals surface area contributed by atoms with E-state index in [2.05, 4.69) is 10.2 Å². The largest absolute Gasteiger partial charge is 0.395 e. The highest BCUT2D eigenvalue weighted by Gasteiger charge is 2.22. The summed E-state index contributed by atoms with van der Waals surface area (Å²) in [6, 6.07) is 6.22. The van der Waals surface area contributed by atoms with E-state index >= 15 is 0 Å². The number of nitrogens with zero attached hydrogens (tertiary/aromatic N) is 3. The third-order valence-electron chi connectivity index (χ3n) is 3.49. The molecule has 23 heavy (non-hydrogen) atoms. The summed E-state index contributed by atoms with van der Waals surface area (Å²) in [5.41, 5.74) is 0.938. The van der Waals surface area contributed by atoms with Crippen molar-refractivity contribution in [1.29, 1.82) is 0 Å². The molecule has 0 atom stereocenters. The lowest BCUT2D eigenvalue weighted by Crippen LogP contribution is -2.38. The molecule has 7 heteroatoms. The maximum atomic E-state index is 14.0. The van der Waals surface area contributed by atoms with Crippen molar-refractivity contribution in [1.82, 2.24) is 20.0 Å². The number of carbonyl (C=O) groups excluding carboxylic acids is 1. The van der Waals surface area contributed by atoms with Gasteiger partial charge in [-0.2, -0.15) is 5.10 Å². The van der Waals surface area contributed by atoms with Gasteiger partial charge in [0.15, 0.2) is 0 Å². The number of hydrogen-bond donors (Lipinski definition) is 2. The Balaban J connectivity index is 2.28. The van der Waals surface area contributed by atoms with Gasteiger partial charge in [0.1, 0.15) is 5.82 Å². The highest BCUT2D eigenvalue weighted by Crippen LogP contribution is 2.24. The minimum absolute atomic E-state index is 0.133. The standard InChI is InChI=1S/C16H21FN4O2/c1-20(2)7-8-21(9-10-22)16(23)13-11-18-19-15(13)12-5-3-4-6-14(12)17/h3-6,11,22H,7-10H2,1-2H3,(H,18,19). The van der Waals surface area contributed by atoms with Gasteiger partial charge in [0, 0.05) is 25.2 Å². The van der Waals surface area contributed by atoms with Crippen LogP contribution in [0.2, 0.25) is 0 Å². The number of hydrogen-bond acceptors (Lipinski definition) is 4. The molecule has 6 nitrogen and oxygen atoms in total. The quantitative estimate of drug-likeness (QED) is 0.804. The topological polar surface area (TPSA) is 72.5 Å². The van der Waals surface area contributed by atoms with E-state index in [0.717, 1.165) is 0 Å². The van der Waals surface area contributed by atoms with Crippen LogP contribution in [0.5, 0.6) is 0 Å². The Labute approximate surface area is 134 Å².